The number of hydrogen-bond acceptors (Lipinski definition) is 6. The Morgan fingerprint density at radius 3 is 2.60 bits per heavy atom. The third-order valence-electron chi connectivity index (χ3n) is 5.00. The molecule has 1 saturated heterocycles. The first-order valence-corrected chi connectivity index (χ1v) is 10.8. The third-order valence-corrected chi connectivity index (χ3v) is 5.00. The van der Waals surface area contributed by atoms with Gasteiger partial charge in [0.2, 0.25) is 0 Å². The first-order valence-electron chi connectivity index (χ1n) is 10.8. The highest BCUT2D eigenvalue weighted by molar-refractivity contribution is 5.98. The number of nitrogens with zero attached hydrogens (tertiary/aromatic N) is 2. The van der Waals surface area contributed by atoms with Crippen LogP contribution in [0.1, 0.15) is 62.9 Å². The minimum absolute atomic E-state index is 0.0200. The van der Waals surface area contributed by atoms with Crippen molar-refractivity contribution in [2.75, 3.05) is 33.4 Å². The molecule has 0 radical (unpaired) electrons. The van der Waals surface area contributed by atoms with E-state index in [0.29, 0.717) is 42.3 Å². The van der Waals surface area contributed by atoms with Gasteiger partial charge in [0.1, 0.15) is 6.07 Å². The van der Waals surface area contributed by atoms with Crippen LogP contribution in [0.4, 0.5) is 0 Å². The molecule has 1 N–H and O–H groups in total. The fourth-order valence-electron chi connectivity index (χ4n) is 3.71. The molecule has 1 aliphatic heterocycles. The molecule has 0 spiro atoms. The van der Waals surface area contributed by atoms with Crippen LogP contribution in [0.5, 0.6) is 11.5 Å². The highest BCUT2D eigenvalue weighted by Gasteiger charge is 2.30. The number of benzene rings is 1. The second-order valence-corrected chi connectivity index (χ2v) is 8.12. The minimum Gasteiger partial charge on any atom is -0.490 e. The summed E-state index contributed by atoms with van der Waals surface area (Å²) in [5.41, 5.74) is 0.656. The molecule has 166 valence electrons. The summed E-state index contributed by atoms with van der Waals surface area (Å²) in [6.07, 6.45) is 2.61. The third kappa shape index (κ3) is 6.35. The maximum Gasteiger partial charge on any atom is 0.255 e. The first-order chi connectivity index (χ1) is 14.4. The molecule has 0 saturated carbocycles. The van der Waals surface area contributed by atoms with Crippen LogP contribution in [0.3, 0.4) is 0 Å². The van der Waals surface area contributed by atoms with Crippen LogP contribution in [0, 0.1) is 11.3 Å². The highest BCUT2D eigenvalue weighted by Crippen LogP contribution is 2.33. The maximum atomic E-state index is 13.6. The summed E-state index contributed by atoms with van der Waals surface area (Å²) >= 11 is 0. The van der Waals surface area contributed by atoms with E-state index in [1.807, 2.05) is 32.6 Å². The average Bonchev–Trinajstić information content (AvgIpc) is 2.71. The Hall–Kier alpha value is -2.30. The molecule has 0 bridgehead atoms. The molecule has 7 heteroatoms. The van der Waals surface area contributed by atoms with Gasteiger partial charge in [-0.25, -0.2) is 0 Å². The van der Waals surface area contributed by atoms with Gasteiger partial charge < -0.3 is 24.4 Å². The van der Waals surface area contributed by atoms with Crippen LogP contribution < -0.4 is 14.8 Å². The molecule has 1 atom stereocenters. The number of nitriles is 1. The van der Waals surface area contributed by atoms with Crippen molar-refractivity contribution in [1.29, 1.82) is 5.26 Å². The molecular formula is C23H35N3O4. The lowest BCUT2D eigenvalue weighted by Gasteiger charge is -2.38. The highest BCUT2D eigenvalue weighted by atomic mass is 16.5. The summed E-state index contributed by atoms with van der Waals surface area (Å²) in [6, 6.07) is 5.58. The number of carbonyl (C=O) groups excluding carboxylic acids is 1. The molecule has 1 aromatic rings. The number of hydrogen-bond donors (Lipinski definition) is 1. The average molecular weight is 418 g/mol. The van der Waals surface area contributed by atoms with Gasteiger partial charge in [0.25, 0.3) is 5.91 Å². The molecule has 0 aliphatic carbocycles. The summed E-state index contributed by atoms with van der Waals surface area (Å²) in [5, 5.41) is 13.1. The number of nitrogens with one attached hydrogen (secondary N) is 1. The van der Waals surface area contributed by atoms with E-state index in [0.717, 1.165) is 25.9 Å². The summed E-state index contributed by atoms with van der Waals surface area (Å²) in [4.78, 5) is 15.4. The Labute approximate surface area is 180 Å². The lowest BCUT2D eigenvalue weighted by Crippen LogP contribution is -2.51. The van der Waals surface area contributed by atoms with Gasteiger partial charge in [0.05, 0.1) is 23.8 Å². The van der Waals surface area contributed by atoms with Crippen molar-refractivity contribution in [2.45, 2.75) is 65.1 Å². The Morgan fingerprint density at radius 2 is 2.03 bits per heavy atom. The van der Waals surface area contributed by atoms with Gasteiger partial charge in [0, 0.05) is 44.8 Å². The number of amides is 1. The van der Waals surface area contributed by atoms with Crippen LogP contribution in [0.25, 0.3) is 0 Å². The standard InChI is InChI=1S/C23H35N3O4/c1-16(2)26(19-8-6-9-25-15-19)23(27)20-13-21(29-11-7-10-28-5)22(30-17(3)4)12-18(20)14-24/h12-13,16-17,19,25H,6-11,15H2,1-5H3/t19-/m1/s1. The Balaban J connectivity index is 2.39. The first kappa shape index (κ1) is 24.0. The topological polar surface area (TPSA) is 83.8 Å². The van der Waals surface area contributed by atoms with Crippen LogP contribution in [-0.4, -0.2) is 62.4 Å². The van der Waals surface area contributed by atoms with Crippen LogP contribution in [0.15, 0.2) is 12.1 Å². The SMILES string of the molecule is COCCCOc1cc(C(=O)N(C(C)C)[C@@H]2CCCNC2)c(C#N)cc1OC(C)C. The number of methoxy groups -OCH3 is 1. The molecular weight excluding hydrogens is 382 g/mol. The van der Waals surface area contributed by atoms with Crippen molar-refractivity contribution in [3.05, 3.63) is 23.3 Å². The monoisotopic (exact) mass is 417 g/mol. The number of carbonyl (C=O) groups is 1. The van der Waals surface area contributed by atoms with Crippen LogP contribution in [0.2, 0.25) is 0 Å². The van der Waals surface area contributed by atoms with Gasteiger partial charge in [-0.05, 0) is 53.1 Å². The lowest BCUT2D eigenvalue weighted by atomic mass is 10.00. The van der Waals surface area contributed by atoms with Crippen molar-refractivity contribution >= 4 is 5.91 Å². The Morgan fingerprint density at radius 1 is 1.27 bits per heavy atom. The molecule has 30 heavy (non-hydrogen) atoms. The van der Waals surface area contributed by atoms with Crippen molar-refractivity contribution in [3.8, 4) is 17.6 Å². The quantitative estimate of drug-likeness (QED) is 0.588. The van der Waals surface area contributed by atoms with E-state index in [4.69, 9.17) is 14.2 Å². The molecule has 0 unspecified atom stereocenters. The lowest BCUT2D eigenvalue weighted by molar-refractivity contribution is 0.0572. The van der Waals surface area contributed by atoms with E-state index in [2.05, 4.69) is 11.4 Å². The second-order valence-electron chi connectivity index (χ2n) is 8.12. The van der Waals surface area contributed by atoms with E-state index in [9.17, 15) is 10.1 Å². The van der Waals surface area contributed by atoms with Gasteiger partial charge in [-0.15, -0.1) is 0 Å². The number of rotatable bonds is 10. The molecule has 0 aromatic heterocycles. The van der Waals surface area contributed by atoms with Crippen LogP contribution >= 0.6 is 0 Å². The zero-order chi connectivity index (χ0) is 22.1. The molecule has 1 fully saturated rings. The van der Waals surface area contributed by atoms with Crippen molar-refractivity contribution in [1.82, 2.24) is 10.2 Å². The predicted octanol–water partition coefficient (Wildman–Crippen LogP) is 3.36. The molecule has 1 amide bonds. The van der Waals surface area contributed by atoms with Gasteiger partial charge in [0.15, 0.2) is 11.5 Å². The normalized spacial score (nSPS) is 16.4. The van der Waals surface area contributed by atoms with E-state index in [1.54, 1.807) is 19.2 Å². The summed E-state index contributed by atoms with van der Waals surface area (Å²) in [6.45, 7) is 10.6. The van der Waals surface area contributed by atoms with E-state index in [-0.39, 0.29) is 24.1 Å². The fourth-order valence-corrected chi connectivity index (χ4v) is 3.71. The molecule has 1 heterocycles. The van der Waals surface area contributed by atoms with Gasteiger partial charge in [-0.3, -0.25) is 4.79 Å². The number of ether oxygens (including phenoxy) is 3. The Bertz CT molecular complexity index is 737. The summed E-state index contributed by atoms with van der Waals surface area (Å²) < 4.78 is 16.9. The fraction of sp³-hybridized carbons (Fsp3) is 0.652. The molecule has 1 aromatic carbocycles. The van der Waals surface area contributed by atoms with Gasteiger partial charge >= 0.3 is 0 Å². The van der Waals surface area contributed by atoms with E-state index in [1.165, 1.54) is 0 Å². The largest absolute Gasteiger partial charge is 0.490 e. The van der Waals surface area contributed by atoms with Crippen molar-refractivity contribution in [2.24, 2.45) is 0 Å². The zero-order valence-corrected chi connectivity index (χ0v) is 18.9. The number of piperidine rings is 1. The minimum atomic E-state index is -0.145. The van der Waals surface area contributed by atoms with E-state index >= 15 is 0 Å². The predicted molar refractivity (Wildman–Crippen MR) is 116 cm³/mol. The van der Waals surface area contributed by atoms with Gasteiger partial charge in [-0.1, -0.05) is 0 Å². The molecule has 2 rings (SSSR count). The zero-order valence-electron chi connectivity index (χ0n) is 18.9. The van der Waals surface area contributed by atoms with Crippen LogP contribution in [-0.2, 0) is 4.74 Å². The summed E-state index contributed by atoms with van der Waals surface area (Å²) in [7, 11) is 1.65. The molecule has 1 aliphatic rings. The van der Waals surface area contributed by atoms with Gasteiger partial charge in [-0.2, -0.15) is 5.26 Å². The maximum absolute atomic E-state index is 13.6. The summed E-state index contributed by atoms with van der Waals surface area (Å²) in [5.74, 6) is 0.812. The van der Waals surface area contributed by atoms with E-state index < -0.39 is 0 Å². The van der Waals surface area contributed by atoms with Crippen molar-refractivity contribution < 1.29 is 19.0 Å². The second kappa shape index (κ2) is 11.8. The smallest absolute Gasteiger partial charge is 0.255 e. The molecule has 7 nitrogen and oxygen atoms in total. The van der Waals surface area contributed by atoms with Crippen molar-refractivity contribution in [3.63, 3.8) is 0 Å². The Kier molecular flexibility index (Phi) is 9.41.